The molecule has 4 nitrogen and oxygen atoms in total. The molecule has 4 aromatic rings. The first-order valence-electron chi connectivity index (χ1n) is 6.29. The van der Waals surface area contributed by atoms with Crippen LogP contribution in [0.2, 0.25) is 0 Å². The number of aromatic amines is 1. The summed E-state index contributed by atoms with van der Waals surface area (Å²) in [6.45, 7) is 0. The second-order valence-corrected chi connectivity index (χ2v) is 4.67. The van der Waals surface area contributed by atoms with Gasteiger partial charge in [0.2, 0.25) is 0 Å². The number of pyridine rings is 1. The van der Waals surface area contributed by atoms with Gasteiger partial charge in [-0.05, 0) is 18.2 Å². The summed E-state index contributed by atoms with van der Waals surface area (Å²) < 4.78 is 11.1. The topological polar surface area (TPSA) is 55.2 Å². The number of H-pyrrole nitrogens is 1. The summed E-state index contributed by atoms with van der Waals surface area (Å²) in [5.41, 5.74) is 2.02. The van der Waals surface area contributed by atoms with E-state index in [2.05, 4.69) is 4.98 Å². The van der Waals surface area contributed by atoms with Crippen LogP contribution in [0.4, 0.5) is 0 Å². The first kappa shape index (κ1) is 11.1. The van der Waals surface area contributed by atoms with Gasteiger partial charge in [0, 0.05) is 16.8 Å². The third-order valence-electron chi connectivity index (χ3n) is 3.55. The van der Waals surface area contributed by atoms with E-state index in [0.29, 0.717) is 16.6 Å². The summed E-state index contributed by atoms with van der Waals surface area (Å²) in [4.78, 5) is 15.0. The van der Waals surface area contributed by atoms with E-state index in [1.165, 1.54) is 0 Å². The van der Waals surface area contributed by atoms with E-state index in [9.17, 15) is 4.79 Å². The molecule has 2 aromatic carbocycles. The molecular formula is C16H11NO3. The number of methoxy groups -OCH3 is 1. The van der Waals surface area contributed by atoms with Gasteiger partial charge in [-0.1, -0.05) is 18.2 Å². The maximum absolute atomic E-state index is 12.1. The highest BCUT2D eigenvalue weighted by molar-refractivity contribution is 6.12. The van der Waals surface area contributed by atoms with E-state index in [-0.39, 0.29) is 5.56 Å². The normalized spacial score (nSPS) is 11.4. The standard InChI is InChI=1S/C16H11NO3/c1-19-9-6-7-12-13(8-9)20-15-10-4-2-3-5-11(10)16(18)17-14(12)15/h2-8H,1H3,(H,17,18). The van der Waals surface area contributed by atoms with Crippen molar-refractivity contribution in [3.8, 4) is 5.75 Å². The smallest absolute Gasteiger partial charge is 0.256 e. The molecule has 20 heavy (non-hydrogen) atoms. The molecule has 1 N–H and O–H groups in total. The average molecular weight is 265 g/mol. The molecule has 4 rings (SSSR count). The van der Waals surface area contributed by atoms with Crippen LogP contribution in [0.15, 0.2) is 51.7 Å². The Morgan fingerprint density at radius 1 is 1.05 bits per heavy atom. The Kier molecular flexibility index (Phi) is 2.15. The number of nitrogens with one attached hydrogen (secondary N) is 1. The summed E-state index contributed by atoms with van der Waals surface area (Å²) in [7, 11) is 1.61. The van der Waals surface area contributed by atoms with Crippen molar-refractivity contribution in [2.24, 2.45) is 0 Å². The molecule has 0 atom stereocenters. The van der Waals surface area contributed by atoms with Gasteiger partial charge >= 0.3 is 0 Å². The quantitative estimate of drug-likeness (QED) is 0.573. The molecule has 0 spiro atoms. The maximum Gasteiger partial charge on any atom is 0.256 e. The van der Waals surface area contributed by atoms with Gasteiger partial charge < -0.3 is 14.1 Å². The Hall–Kier alpha value is -2.75. The van der Waals surface area contributed by atoms with Gasteiger partial charge in [-0.3, -0.25) is 4.79 Å². The predicted octanol–water partition coefficient (Wildman–Crippen LogP) is 3.44. The number of hydrogen-bond acceptors (Lipinski definition) is 3. The molecule has 0 fully saturated rings. The Bertz CT molecular complexity index is 1010. The highest BCUT2D eigenvalue weighted by atomic mass is 16.5. The number of ether oxygens (including phenoxy) is 1. The van der Waals surface area contributed by atoms with E-state index < -0.39 is 0 Å². The van der Waals surface area contributed by atoms with Crippen LogP contribution in [-0.2, 0) is 0 Å². The monoisotopic (exact) mass is 265 g/mol. The average Bonchev–Trinajstić information content (AvgIpc) is 2.85. The van der Waals surface area contributed by atoms with Crippen molar-refractivity contribution >= 4 is 32.8 Å². The Morgan fingerprint density at radius 3 is 2.65 bits per heavy atom. The molecule has 0 saturated carbocycles. The van der Waals surface area contributed by atoms with Crippen molar-refractivity contribution in [2.45, 2.75) is 0 Å². The van der Waals surface area contributed by atoms with Crippen LogP contribution in [0, 0.1) is 0 Å². The molecule has 2 heterocycles. The highest BCUT2D eigenvalue weighted by Gasteiger charge is 2.13. The van der Waals surface area contributed by atoms with Crippen molar-refractivity contribution in [2.75, 3.05) is 7.11 Å². The van der Waals surface area contributed by atoms with Crippen molar-refractivity contribution in [1.29, 1.82) is 0 Å². The third-order valence-corrected chi connectivity index (χ3v) is 3.55. The van der Waals surface area contributed by atoms with Gasteiger partial charge in [-0.15, -0.1) is 0 Å². The van der Waals surface area contributed by atoms with Gasteiger partial charge in [-0.2, -0.15) is 0 Å². The highest BCUT2D eigenvalue weighted by Crippen LogP contribution is 2.32. The molecule has 0 aliphatic rings. The van der Waals surface area contributed by atoms with Crippen LogP contribution >= 0.6 is 0 Å². The van der Waals surface area contributed by atoms with E-state index in [1.807, 2.05) is 36.4 Å². The van der Waals surface area contributed by atoms with E-state index in [4.69, 9.17) is 9.15 Å². The Balaban J connectivity index is 2.26. The molecule has 2 aromatic heterocycles. The van der Waals surface area contributed by atoms with Crippen molar-refractivity contribution < 1.29 is 9.15 Å². The minimum absolute atomic E-state index is 0.105. The molecule has 4 heteroatoms. The number of benzene rings is 2. The lowest BCUT2D eigenvalue weighted by Crippen LogP contribution is -2.05. The number of aromatic nitrogens is 1. The van der Waals surface area contributed by atoms with Crippen LogP contribution in [0.25, 0.3) is 32.8 Å². The van der Waals surface area contributed by atoms with Gasteiger partial charge in [0.1, 0.15) is 11.3 Å². The lowest BCUT2D eigenvalue weighted by atomic mass is 10.1. The van der Waals surface area contributed by atoms with Crippen LogP contribution in [0.5, 0.6) is 5.75 Å². The van der Waals surface area contributed by atoms with Gasteiger partial charge in [-0.25, -0.2) is 0 Å². The predicted molar refractivity (Wildman–Crippen MR) is 78.4 cm³/mol. The molecule has 0 saturated heterocycles. The molecule has 0 unspecified atom stereocenters. The van der Waals surface area contributed by atoms with E-state index in [0.717, 1.165) is 22.0 Å². The Labute approximate surface area is 113 Å². The minimum atomic E-state index is -0.105. The largest absolute Gasteiger partial charge is 0.497 e. The lowest BCUT2D eigenvalue weighted by molar-refractivity contribution is 0.414. The SMILES string of the molecule is COc1ccc2c(c1)oc1c3ccccc3c(=O)[nH]c21. The van der Waals surface area contributed by atoms with Crippen LogP contribution in [-0.4, -0.2) is 12.1 Å². The summed E-state index contributed by atoms with van der Waals surface area (Å²) in [6, 6.07) is 13.0. The first-order valence-corrected chi connectivity index (χ1v) is 6.29. The third kappa shape index (κ3) is 1.39. The fraction of sp³-hybridized carbons (Fsp3) is 0.0625. The number of furan rings is 1. The van der Waals surface area contributed by atoms with Crippen molar-refractivity contribution in [3.63, 3.8) is 0 Å². The summed E-state index contributed by atoms with van der Waals surface area (Å²) in [5.74, 6) is 0.725. The molecule has 0 aliphatic carbocycles. The fourth-order valence-corrected chi connectivity index (χ4v) is 2.58. The van der Waals surface area contributed by atoms with Crippen LogP contribution < -0.4 is 10.3 Å². The zero-order valence-electron chi connectivity index (χ0n) is 10.8. The molecule has 0 amide bonds. The number of rotatable bonds is 1. The summed E-state index contributed by atoms with van der Waals surface area (Å²) in [6.07, 6.45) is 0. The maximum atomic E-state index is 12.1. The molecule has 0 aliphatic heterocycles. The minimum Gasteiger partial charge on any atom is -0.497 e. The molecule has 0 bridgehead atoms. The summed E-state index contributed by atoms with van der Waals surface area (Å²) >= 11 is 0. The lowest BCUT2D eigenvalue weighted by Gasteiger charge is -1.97. The zero-order valence-corrected chi connectivity index (χ0v) is 10.8. The fourth-order valence-electron chi connectivity index (χ4n) is 2.58. The number of fused-ring (bicyclic) bond motifs is 5. The van der Waals surface area contributed by atoms with Gasteiger partial charge in [0.05, 0.1) is 18.0 Å². The van der Waals surface area contributed by atoms with E-state index in [1.54, 1.807) is 13.2 Å². The second-order valence-electron chi connectivity index (χ2n) is 4.67. The second kappa shape index (κ2) is 3.87. The number of hydrogen-bond donors (Lipinski definition) is 1. The van der Waals surface area contributed by atoms with Gasteiger partial charge in [0.25, 0.3) is 5.56 Å². The van der Waals surface area contributed by atoms with E-state index >= 15 is 0 Å². The molecular weight excluding hydrogens is 254 g/mol. The van der Waals surface area contributed by atoms with Crippen LogP contribution in [0.1, 0.15) is 0 Å². The molecule has 98 valence electrons. The van der Waals surface area contributed by atoms with Crippen molar-refractivity contribution in [3.05, 3.63) is 52.8 Å². The first-order chi connectivity index (χ1) is 9.78. The Morgan fingerprint density at radius 2 is 1.85 bits per heavy atom. The van der Waals surface area contributed by atoms with Crippen molar-refractivity contribution in [1.82, 2.24) is 4.98 Å². The van der Waals surface area contributed by atoms with Crippen LogP contribution in [0.3, 0.4) is 0 Å². The zero-order chi connectivity index (χ0) is 13.7. The molecule has 0 radical (unpaired) electrons. The summed E-state index contributed by atoms with van der Waals surface area (Å²) in [5, 5.41) is 2.33. The van der Waals surface area contributed by atoms with Gasteiger partial charge in [0.15, 0.2) is 5.58 Å².